The number of β-amino-alcohol motifs (C(OH)–C–C–N with tert-alkyl or cyclic N) is 1. The van der Waals surface area contributed by atoms with Crippen LogP contribution in [0.25, 0.3) is 10.8 Å². The topological polar surface area (TPSA) is 98.7 Å². The minimum absolute atomic E-state index is 0.0196. The van der Waals surface area contributed by atoms with E-state index >= 15 is 0 Å². The summed E-state index contributed by atoms with van der Waals surface area (Å²) in [5.41, 5.74) is 0.665. The monoisotopic (exact) mass is 453 g/mol. The number of rotatable bonds is 5. The number of thioether (sulfide) groups is 1. The Kier molecular flexibility index (Phi) is 5.17. The van der Waals surface area contributed by atoms with Gasteiger partial charge in [0.05, 0.1) is 23.2 Å². The molecule has 0 aromatic heterocycles. The van der Waals surface area contributed by atoms with Crippen LogP contribution in [-0.4, -0.2) is 64.0 Å². The number of hydrogen-bond acceptors (Lipinski definition) is 5. The molecule has 5 rings (SSSR count). The zero-order valence-electron chi connectivity index (χ0n) is 18.1. The standard InChI is InChI=1S/C24H27N3O4S/c1-13-11-17-18(21(29)25-2)19-23(31)27(9-10-28)20(24(13,19)32-17)22(30)26-16-8-7-14-5-3-4-6-15(14)12-16/h3-8,12-13,17-20,28H,9-11H2,1-2H3,(H,25,29)(H,26,30)/t13?,17-,18+,19-,20?,24?/m0/s1. The van der Waals surface area contributed by atoms with E-state index in [0.717, 1.165) is 17.2 Å². The van der Waals surface area contributed by atoms with Gasteiger partial charge < -0.3 is 20.6 Å². The Morgan fingerprint density at radius 1 is 1.19 bits per heavy atom. The fourth-order valence-corrected chi connectivity index (χ4v) is 8.53. The maximum absolute atomic E-state index is 13.7. The van der Waals surface area contributed by atoms with Crippen molar-refractivity contribution in [2.24, 2.45) is 17.8 Å². The van der Waals surface area contributed by atoms with Crippen LogP contribution in [0.15, 0.2) is 42.5 Å². The number of aliphatic hydroxyl groups is 1. The van der Waals surface area contributed by atoms with E-state index in [4.69, 9.17) is 0 Å². The van der Waals surface area contributed by atoms with E-state index in [1.807, 2.05) is 42.5 Å². The van der Waals surface area contributed by atoms with Crippen LogP contribution in [0.5, 0.6) is 0 Å². The highest BCUT2D eigenvalue weighted by Crippen LogP contribution is 2.68. The van der Waals surface area contributed by atoms with E-state index in [1.165, 1.54) is 4.90 Å². The average Bonchev–Trinajstić information content (AvgIpc) is 3.37. The lowest BCUT2D eigenvalue weighted by molar-refractivity contribution is -0.139. The van der Waals surface area contributed by atoms with Crippen LogP contribution >= 0.6 is 11.8 Å². The smallest absolute Gasteiger partial charge is 0.248 e. The van der Waals surface area contributed by atoms with Gasteiger partial charge in [-0.05, 0) is 35.2 Å². The van der Waals surface area contributed by atoms with Crippen LogP contribution in [0.3, 0.4) is 0 Å². The van der Waals surface area contributed by atoms with Crippen molar-refractivity contribution in [3.05, 3.63) is 42.5 Å². The molecule has 168 valence electrons. The third kappa shape index (κ3) is 2.89. The molecule has 2 aromatic carbocycles. The summed E-state index contributed by atoms with van der Waals surface area (Å²) in [7, 11) is 1.59. The van der Waals surface area contributed by atoms with Gasteiger partial charge >= 0.3 is 0 Å². The predicted molar refractivity (Wildman–Crippen MR) is 124 cm³/mol. The molecule has 3 fully saturated rings. The first-order chi connectivity index (χ1) is 15.4. The average molecular weight is 454 g/mol. The predicted octanol–water partition coefficient (Wildman–Crippen LogP) is 1.85. The summed E-state index contributed by atoms with van der Waals surface area (Å²) in [4.78, 5) is 41.4. The molecule has 3 amide bonds. The van der Waals surface area contributed by atoms with Crippen molar-refractivity contribution >= 4 is 45.9 Å². The molecule has 1 spiro atoms. The fraction of sp³-hybridized carbons (Fsp3) is 0.458. The molecule has 0 saturated carbocycles. The van der Waals surface area contributed by atoms with Crippen molar-refractivity contribution in [3.63, 3.8) is 0 Å². The summed E-state index contributed by atoms with van der Waals surface area (Å²) in [6.07, 6.45) is 0.791. The largest absolute Gasteiger partial charge is 0.395 e. The highest BCUT2D eigenvalue weighted by atomic mass is 32.2. The van der Waals surface area contributed by atoms with Gasteiger partial charge in [0.2, 0.25) is 17.7 Å². The fourth-order valence-electron chi connectivity index (χ4n) is 6.11. The minimum Gasteiger partial charge on any atom is -0.395 e. The van der Waals surface area contributed by atoms with Gasteiger partial charge in [-0.2, -0.15) is 0 Å². The lowest BCUT2D eigenvalue weighted by Crippen LogP contribution is -2.55. The second-order valence-electron chi connectivity index (χ2n) is 8.97. The Morgan fingerprint density at radius 3 is 2.66 bits per heavy atom. The van der Waals surface area contributed by atoms with Crippen molar-refractivity contribution in [3.8, 4) is 0 Å². The number of carbonyl (C=O) groups is 3. The number of likely N-dealkylation sites (tertiary alicyclic amines) is 1. The second kappa shape index (κ2) is 7.78. The molecule has 32 heavy (non-hydrogen) atoms. The molecule has 3 aliphatic heterocycles. The number of nitrogens with one attached hydrogen (secondary N) is 2. The summed E-state index contributed by atoms with van der Waals surface area (Å²) >= 11 is 1.63. The number of anilines is 1. The van der Waals surface area contributed by atoms with E-state index in [1.54, 1.807) is 18.8 Å². The summed E-state index contributed by atoms with van der Waals surface area (Å²) in [5, 5.41) is 17.5. The summed E-state index contributed by atoms with van der Waals surface area (Å²) in [6.45, 7) is 1.92. The minimum atomic E-state index is -0.738. The van der Waals surface area contributed by atoms with Gasteiger partial charge in [-0.3, -0.25) is 14.4 Å². The Hall–Kier alpha value is -2.58. The van der Waals surface area contributed by atoms with Crippen molar-refractivity contribution in [2.75, 3.05) is 25.5 Å². The van der Waals surface area contributed by atoms with E-state index < -0.39 is 22.6 Å². The third-order valence-electron chi connectivity index (χ3n) is 7.40. The van der Waals surface area contributed by atoms with Gasteiger partial charge in [0.15, 0.2) is 0 Å². The number of fused-ring (bicyclic) bond motifs is 2. The van der Waals surface area contributed by atoms with Crippen LogP contribution in [0.2, 0.25) is 0 Å². The van der Waals surface area contributed by atoms with Crippen molar-refractivity contribution in [1.29, 1.82) is 0 Å². The molecule has 3 saturated heterocycles. The molecule has 3 N–H and O–H groups in total. The molecule has 2 bridgehead atoms. The quantitative estimate of drug-likeness (QED) is 0.642. The van der Waals surface area contributed by atoms with Crippen LogP contribution in [0.1, 0.15) is 13.3 Å². The van der Waals surface area contributed by atoms with Crippen LogP contribution in [0, 0.1) is 17.8 Å². The van der Waals surface area contributed by atoms with Gasteiger partial charge in [0.1, 0.15) is 6.04 Å². The van der Waals surface area contributed by atoms with Crippen LogP contribution in [0.4, 0.5) is 5.69 Å². The highest BCUT2D eigenvalue weighted by Gasteiger charge is 2.75. The molecule has 0 aliphatic carbocycles. The van der Waals surface area contributed by atoms with Crippen molar-refractivity contribution in [2.45, 2.75) is 29.4 Å². The summed E-state index contributed by atoms with van der Waals surface area (Å²) in [5.74, 6) is -1.51. The molecule has 2 aromatic rings. The van der Waals surface area contributed by atoms with Gasteiger partial charge in [0.25, 0.3) is 0 Å². The molecule has 6 atom stereocenters. The Morgan fingerprint density at radius 2 is 1.94 bits per heavy atom. The van der Waals surface area contributed by atoms with E-state index in [9.17, 15) is 19.5 Å². The molecule has 3 unspecified atom stereocenters. The Bertz CT molecular complexity index is 1110. The zero-order valence-corrected chi connectivity index (χ0v) is 18.9. The first kappa shape index (κ1) is 21.3. The Balaban J connectivity index is 1.52. The maximum atomic E-state index is 13.7. The van der Waals surface area contributed by atoms with Crippen molar-refractivity contribution < 1.29 is 19.5 Å². The number of hydrogen-bond donors (Lipinski definition) is 3. The summed E-state index contributed by atoms with van der Waals surface area (Å²) < 4.78 is -0.672. The number of benzene rings is 2. The third-order valence-corrected chi connectivity index (χ3v) is 9.48. The SMILES string of the molecule is CNC(=O)[C@@H]1[C@@H]2CC(C)C3(S2)C(C(=O)Nc2ccc4ccccc4c2)N(CCO)C(=O)[C@H]13. The first-order valence-electron chi connectivity index (χ1n) is 11.0. The van der Waals surface area contributed by atoms with Gasteiger partial charge in [0, 0.05) is 24.5 Å². The number of amides is 3. The maximum Gasteiger partial charge on any atom is 0.248 e. The highest BCUT2D eigenvalue weighted by molar-refractivity contribution is 8.02. The molecular formula is C24H27N3O4S. The van der Waals surface area contributed by atoms with Crippen LogP contribution in [-0.2, 0) is 14.4 Å². The molecule has 7 nitrogen and oxygen atoms in total. The molecule has 0 radical (unpaired) electrons. The first-order valence-corrected chi connectivity index (χ1v) is 11.9. The lowest BCUT2D eigenvalue weighted by Gasteiger charge is -2.38. The normalized spacial score (nSPS) is 32.9. The van der Waals surface area contributed by atoms with Gasteiger partial charge in [-0.25, -0.2) is 0 Å². The second-order valence-corrected chi connectivity index (χ2v) is 10.5. The molecule has 3 heterocycles. The lowest BCUT2D eigenvalue weighted by atomic mass is 9.66. The molecule has 3 aliphatic rings. The number of aliphatic hydroxyl groups excluding tert-OH is 1. The summed E-state index contributed by atoms with van der Waals surface area (Å²) in [6, 6.07) is 12.9. The Labute approximate surface area is 190 Å². The molecular weight excluding hydrogens is 426 g/mol. The van der Waals surface area contributed by atoms with Crippen molar-refractivity contribution in [1.82, 2.24) is 10.2 Å². The van der Waals surface area contributed by atoms with Gasteiger partial charge in [-0.1, -0.05) is 37.3 Å². The van der Waals surface area contributed by atoms with E-state index in [-0.39, 0.29) is 42.0 Å². The number of nitrogens with zero attached hydrogens (tertiary/aromatic N) is 1. The molecule has 8 heteroatoms. The van der Waals surface area contributed by atoms with Crippen LogP contribution < -0.4 is 10.6 Å². The van der Waals surface area contributed by atoms with Gasteiger partial charge in [-0.15, -0.1) is 11.8 Å². The zero-order chi connectivity index (χ0) is 22.6. The number of carbonyl (C=O) groups excluding carboxylic acids is 3. The van der Waals surface area contributed by atoms with E-state index in [2.05, 4.69) is 17.6 Å². The van der Waals surface area contributed by atoms with E-state index in [0.29, 0.717) is 5.69 Å².